The van der Waals surface area contributed by atoms with Crippen LogP contribution in [0.4, 0.5) is 4.39 Å². The Bertz CT molecular complexity index is 483. The minimum Gasteiger partial charge on any atom is -0.481 e. The average Bonchev–Trinajstić information content (AvgIpc) is 2.28. The van der Waals surface area contributed by atoms with E-state index in [1.165, 1.54) is 12.1 Å². The van der Waals surface area contributed by atoms with E-state index in [0.29, 0.717) is 0 Å². The fraction of sp³-hybridized carbons (Fsp3) is 0.333. The summed E-state index contributed by atoms with van der Waals surface area (Å²) >= 11 is 0. The number of hydrogen-bond acceptors (Lipinski definition) is 4. The van der Waals surface area contributed by atoms with Gasteiger partial charge in [-0.25, -0.2) is 4.39 Å². The second-order valence-corrected chi connectivity index (χ2v) is 3.80. The van der Waals surface area contributed by atoms with E-state index in [-0.39, 0.29) is 24.0 Å². The van der Waals surface area contributed by atoms with E-state index in [0.717, 1.165) is 6.07 Å². The zero-order valence-electron chi connectivity index (χ0n) is 9.38. The molecule has 5 nitrogen and oxygen atoms in total. The molecule has 6 heteroatoms. The lowest BCUT2D eigenvalue weighted by Crippen LogP contribution is -2.18. The summed E-state index contributed by atoms with van der Waals surface area (Å²) in [6.45, 7) is 0. The maximum Gasteiger partial charge on any atom is 0.307 e. The van der Waals surface area contributed by atoms with Gasteiger partial charge in [-0.3, -0.25) is 4.79 Å². The third-order valence-electron chi connectivity index (χ3n) is 2.40. The van der Waals surface area contributed by atoms with Gasteiger partial charge in [-0.15, -0.1) is 0 Å². The summed E-state index contributed by atoms with van der Waals surface area (Å²) in [6.07, 6.45) is -3.54. The average molecular weight is 253 g/mol. The molecule has 0 bridgehead atoms. The fourth-order valence-electron chi connectivity index (χ4n) is 1.51. The molecule has 0 amide bonds. The number of carboxylic acid groups (broad SMARTS) is 1. The molecule has 1 rings (SSSR count). The zero-order chi connectivity index (χ0) is 13.7. The number of carboxylic acids is 1. The number of carbonyl (C=O) groups is 1. The lowest BCUT2D eigenvalue weighted by molar-refractivity contribution is -0.136. The number of rotatable bonds is 5. The van der Waals surface area contributed by atoms with Gasteiger partial charge in [-0.1, -0.05) is 12.1 Å². The van der Waals surface area contributed by atoms with Gasteiger partial charge in [0.05, 0.1) is 25.0 Å². The Morgan fingerprint density at radius 1 is 1.44 bits per heavy atom. The van der Waals surface area contributed by atoms with Crippen molar-refractivity contribution in [3.8, 4) is 6.07 Å². The number of hydrogen-bond donors (Lipinski definition) is 3. The van der Waals surface area contributed by atoms with E-state index in [4.69, 9.17) is 10.4 Å². The van der Waals surface area contributed by atoms with Gasteiger partial charge < -0.3 is 15.3 Å². The van der Waals surface area contributed by atoms with Crippen molar-refractivity contribution in [2.45, 2.75) is 25.0 Å². The first-order valence-corrected chi connectivity index (χ1v) is 5.19. The van der Waals surface area contributed by atoms with Crippen molar-refractivity contribution in [2.75, 3.05) is 0 Å². The third kappa shape index (κ3) is 3.52. The van der Waals surface area contributed by atoms with E-state index in [1.54, 1.807) is 6.07 Å². The number of aliphatic hydroxyl groups excluding tert-OH is 2. The van der Waals surface area contributed by atoms with Crippen molar-refractivity contribution in [3.63, 3.8) is 0 Å². The van der Waals surface area contributed by atoms with Crippen molar-refractivity contribution in [3.05, 3.63) is 35.1 Å². The van der Waals surface area contributed by atoms with E-state index < -0.39 is 24.0 Å². The molecule has 0 aliphatic rings. The predicted octanol–water partition coefficient (Wildman–Crippen LogP) is 0.761. The van der Waals surface area contributed by atoms with E-state index in [1.807, 2.05) is 0 Å². The van der Waals surface area contributed by atoms with Crippen LogP contribution in [-0.2, 0) is 11.2 Å². The van der Waals surface area contributed by atoms with Crippen LogP contribution in [0.2, 0.25) is 0 Å². The normalized spacial score (nSPS) is 13.7. The minimum atomic E-state index is -1.51. The third-order valence-corrected chi connectivity index (χ3v) is 2.40. The zero-order valence-corrected chi connectivity index (χ0v) is 9.38. The SMILES string of the molecule is N#CCC(O)C(O)c1ccc(CC(=O)O)cc1F. The Kier molecular flexibility index (Phi) is 4.77. The molecule has 2 atom stereocenters. The first kappa shape index (κ1) is 14.1. The molecular weight excluding hydrogens is 241 g/mol. The van der Waals surface area contributed by atoms with Gasteiger partial charge in [-0.05, 0) is 11.6 Å². The summed E-state index contributed by atoms with van der Waals surface area (Å²) < 4.78 is 13.6. The second-order valence-electron chi connectivity index (χ2n) is 3.80. The number of aliphatic carboxylic acids is 1. The molecule has 1 aromatic carbocycles. The highest BCUT2D eigenvalue weighted by molar-refractivity contribution is 5.70. The number of nitriles is 1. The summed E-state index contributed by atoms with van der Waals surface area (Å²) in [7, 11) is 0. The highest BCUT2D eigenvalue weighted by atomic mass is 19.1. The van der Waals surface area contributed by atoms with Crippen LogP contribution in [0.5, 0.6) is 0 Å². The highest BCUT2D eigenvalue weighted by Gasteiger charge is 2.21. The smallest absolute Gasteiger partial charge is 0.307 e. The number of aliphatic hydroxyl groups is 2. The van der Waals surface area contributed by atoms with Gasteiger partial charge in [0.15, 0.2) is 0 Å². The van der Waals surface area contributed by atoms with E-state index in [9.17, 15) is 19.4 Å². The molecule has 0 aliphatic carbocycles. The van der Waals surface area contributed by atoms with Crippen molar-refractivity contribution >= 4 is 5.97 Å². The molecular formula is C12H12FNO4. The van der Waals surface area contributed by atoms with Crippen LogP contribution in [-0.4, -0.2) is 27.4 Å². The van der Waals surface area contributed by atoms with Crippen LogP contribution in [0.3, 0.4) is 0 Å². The first-order valence-electron chi connectivity index (χ1n) is 5.19. The lowest BCUT2D eigenvalue weighted by Gasteiger charge is -2.16. The van der Waals surface area contributed by atoms with Crippen molar-refractivity contribution < 1.29 is 24.5 Å². The van der Waals surface area contributed by atoms with E-state index in [2.05, 4.69) is 0 Å². The summed E-state index contributed by atoms with van der Waals surface area (Å²) in [5.74, 6) is -1.90. The monoisotopic (exact) mass is 253 g/mol. The van der Waals surface area contributed by atoms with Crippen molar-refractivity contribution in [1.82, 2.24) is 0 Å². The number of benzene rings is 1. The Morgan fingerprint density at radius 3 is 2.61 bits per heavy atom. The first-order chi connectivity index (χ1) is 8.45. The Balaban J connectivity index is 2.91. The second kappa shape index (κ2) is 6.10. The highest BCUT2D eigenvalue weighted by Crippen LogP contribution is 2.22. The molecule has 0 saturated heterocycles. The Morgan fingerprint density at radius 2 is 2.11 bits per heavy atom. The Labute approximate surface area is 103 Å². The molecule has 0 aliphatic heterocycles. The molecule has 0 aromatic heterocycles. The molecule has 0 fully saturated rings. The predicted molar refractivity (Wildman–Crippen MR) is 58.9 cm³/mol. The largest absolute Gasteiger partial charge is 0.481 e. The molecule has 2 unspecified atom stereocenters. The fourth-order valence-corrected chi connectivity index (χ4v) is 1.51. The number of nitrogens with zero attached hydrogens (tertiary/aromatic N) is 1. The molecule has 0 radical (unpaired) electrons. The molecule has 1 aromatic rings. The van der Waals surface area contributed by atoms with Gasteiger partial charge in [0.2, 0.25) is 0 Å². The van der Waals surface area contributed by atoms with Crippen molar-refractivity contribution in [2.24, 2.45) is 0 Å². The standard InChI is InChI=1S/C12H12FNO4/c13-9-5-7(6-11(16)17)1-2-8(9)12(18)10(15)3-4-14/h1-2,5,10,12,15,18H,3,6H2,(H,16,17). The van der Waals surface area contributed by atoms with Crippen LogP contribution in [0.25, 0.3) is 0 Å². The maximum atomic E-state index is 13.6. The summed E-state index contributed by atoms with van der Waals surface area (Å²) in [5.41, 5.74) is 0.0950. The van der Waals surface area contributed by atoms with Crippen LogP contribution in [0.15, 0.2) is 18.2 Å². The van der Waals surface area contributed by atoms with Gasteiger partial charge in [-0.2, -0.15) is 5.26 Å². The molecule has 96 valence electrons. The van der Waals surface area contributed by atoms with Crippen molar-refractivity contribution in [1.29, 1.82) is 5.26 Å². The Hall–Kier alpha value is -1.97. The lowest BCUT2D eigenvalue weighted by atomic mass is 9.99. The molecule has 18 heavy (non-hydrogen) atoms. The van der Waals surface area contributed by atoms with Crippen LogP contribution >= 0.6 is 0 Å². The van der Waals surface area contributed by atoms with E-state index >= 15 is 0 Å². The molecule has 0 saturated carbocycles. The van der Waals surface area contributed by atoms with Crippen LogP contribution < -0.4 is 0 Å². The van der Waals surface area contributed by atoms with Gasteiger partial charge in [0, 0.05) is 5.56 Å². The van der Waals surface area contributed by atoms with Gasteiger partial charge in [0.1, 0.15) is 11.9 Å². The maximum absolute atomic E-state index is 13.6. The summed E-state index contributed by atoms with van der Waals surface area (Å²) in [4.78, 5) is 10.4. The molecule has 0 heterocycles. The number of halogens is 1. The quantitative estimate of drug-likeness (QED) is 0.719. The summed E-state index contributed by atoms with van der Waals surface area (Å²) in [5, 5.41) is 35.9. The van der Waals surface area contributed by atoms with Gasteiger partial charge >= 0.3 is 5.97 Å². The molecule has 0 spiro atoms. The van der Waals surface area contributed by atoms with Crippen LogP contribution in [0, 0.1) is 17.1 Å². The topological polar surface area (TPSA) is 102 Å². The molecule has 3 N–H and O–H groups in total. The van der Waals surface area contributed by atoms with Gasteiger partial charge in [0.25, 0.3) is 0 Å². The minimum absolute atomic E-state index is 0.160. The van der Waals surface area contributed by atoms with Crippen LogP contribution in [0.1, 0.15) is 23.7 Å². The summed E-state index contributed by atoms with van der Waals surface area (Å²) in [6, 6.07) is 5.22.